The molecule has 0 radical (unpaired) electrons. The fraction of sp³-hybridized carbons (Fsp3) is 0.133. The fourth-order valence-corrected chi connectivity index (χ4v) is 4.27. The number of nitrogens with one attached hydrogen (secondary N) is 2. The first-order chi connectivity index (χ1) is 10.7. The second kappa shape index (κ2) is 7.06. The monoisotopic (exact) mass is 350 g/mol. The smallest absolute Gasteiger partial charge is 0.320 e. The van der Waals surface area contributed by atoms with Gasteiger partial charge in [-0.15, -0.1) is 34.0 Å². The fourth-order valence-electron chi connectivity index (χ4n) is 1.90. The second-order valence-electron chi connectivity index (χ2n) is 4.51. The van der Waals surface area contributed by atoms with E-state index in [1.165, 1.54) is 34.0 Å². The Hall–Kier alpha value is -1.67. The quantitative estimate of drug-likeness (QED) is 0.643. The molecule has 0 aliphatic rings. The van der Waals surface area contributed by atoms with E-state index in [0.717, 1.165) is 19.6 Å². The number of carbonyl (C=O) groups is 1. The Labute approximate surface area is 140 Å². The van der Waals surface area contributed by atoms with E-state index < -0.39 is 6.10 Å². The molecule has 1 atom stereocenters. The number of rotatable bonds is 5. The lowest BCUT2D eigenvalue weighted by Gasteiger charge is -2.06. The van der Waals surface area contributed by atoms with Gasteiger partial charge in [0.2, 0.25) is 0 Å². The van der Waals surface area contributed by atoms with Crippen molar-refractivity contribution in [2.45, 2.75) is 12.6 Å². The average Bonchev–Trinajstić information content (AvgIpc) is 3.26. The molecule has 3 aromatic rings. The predicted molar refractivity (Wildman–Crippen MR) is 92.9 cm³/mol. The summed E-state index contributed by atoms with van der Waals surface area (Å²) in [4.78, 5) is 14.6. The van der Waals surface area contributed by atoms with E-state index in [-0.39, 0.29) is 6.03 Å². The maximum absolute atomic E-state index is 11.8. The third-order valence-corrected chi connectivity index (χ3v) is 5.79. The molecule has 0 saturated carbocycles. The van der Waals surface area contributed by atoms with Crippen LogP contribution in [0.1, 0.15) is 20.7 Å². The lowest BCUT2D eigenvalue weighted by molar-refractivity contribution is 0.228. The Kier molecular flexibility index (Phi) is 4.89. The molecule has 0 bridgehead atoms. The number of hydrogen-bond acceptors (Lipinski definition) is 5. The molecule has 0 aromatic carbocycles. The molecular formula is C15H14N2O2S3. The highest BCUT2D eigenvalue weighted by molar-refractivity contribution is 7.14. The highest BCUT2D eigenvalue weighted by atomic mass is 32.1. The topological polar surface area (TPSA) is 61.4 Å². The molecule has 3 heterocycles. The number of aliphatic hydroxyl groups is 1. The lowest BCUT2D eigenvalue weighted by Crippen LogP contribution is -2.27. The minimum absolute atomic E-state index is 0.226. The van der Waals surface area contributed by atoms with Gasteiger partial charge in [-0.05, 0) is 41.1 Å². The number of urea groups is 1. The van der Waals surface area contributed by atoms with Crippen LogP contribution in [-0.2, 0) is 6.54 Å². The van der Waals surface area contributed by atoms with Crippen molar-refractivity contribution in [3.63, 3.8) is 0 Å². The first-order valence-electron chi connectivity index (χ1n) is 6.61. The zero-order valence-corrected chi connectivity index (χ0v) is 13.9. The molecule has 22 heavy (non-hydrogen) atoms. The summed E-state index contributed by atoms with van der Waals surface area (Å²) >= 11 is 4.52. The van der Waals surface area contributed by atoms with Crippen LogP contribution in [0.3, 0.4) is 0 Å². The molecular weight excluding hydrogens is 336 g/mol. The third kappa shape index (κ3) is 3.75. The Morgan fingerprint density at radius 2 is 1.91 bits per heavy atom. The Morgan fingerprint density at radius 1 is 1.09 bits per heavy atom. The summed E-state index contributed by atoms with van der Waals surface area (Å²) in [5.41, 5.74) is 0. The summed E-state index contributed by atoms with van der Waals surface area (Å²) < 4.78 is 0. The van der Waals surface area contributed by atoms with Crippen LogP contribution in [-0.4, -0.2) is 11.1 Å². The molecule has 7 heteroatoms. The van der Waals surface area contributed by atoms with Crippen LogP contribution in [0, 0.1) is 0 Å². The summed E-state index contributed by atoms with van der Waals surface area (Å²) in [6.45, 7) is 0.443. The molecule has 0 aliphatic heterocycles. The minimum Gasteiger partial charge on any atom is -0.382 e. The average molecular weight is 350 g/mol. The van der Waals surface area contributed by atoms with Crippen molar-refractivity contribution >= 4 is 45.0 Å². The van der Waals surface area contributed by atoms with E-state index in [1.54, 1.807) is 0 Å². The highest BCUT2D eigenvalue weighted by Crippen LogP contribution is 2.30. The van der Waals surface area contributed by atoms with E-state index in [2.05, 4.69) is 10.6 Å². The van der Waals surface area contributed by atoms with Crippen molar-refractivity contribution < 1.29 is 9.90 Å². The molecule has 3 N–H and O–H groups in total. The number of hydrogen-bond donors (Lipinski definition) is 3. The SMILES string of the molecule is O=C(NCc1ccc(C(O)c2cccs2)s1)Nc1cccs1. The molecule has 3 rings (SSSR count). The van der Waals surface area contributed by atoms with Gasteiger partial charge in [0.05, 0.1) is 11.5 Å². The van der Waals surface area contributed by atoms with E-state index >= 15 is 0 Å². The number of anilines is 1. The number of carbonyl (C=O) groups excluding carboxylic acids is 1. The molecule has 1 unspecified atom stereocenters. The first kappa shape index (κ1) is 15.2. The number of aliphatic hydroxyl groups excluding tert-OH is 1. The molecule has 114 valence electrons. The third-order valence-electron chi connectivity index (χ3n) is 2.95. The molecule has 0 aliphatic carbocycles. The lowest BCUT2D eigenvalue weighted by atomic mass is 10.2. The van der Waals surface area contributed by atoms with Gasteiger partial charge in [-0.2, -0.15) is 0 Å². The van der Waals surface area contributed by atoms with Gasteiger partial charge in [0.15, 0.2) is 0 Å². The second-order valence-corrected chi connectivity index (χ2v) is 7.63. The number of amides is 2. The van der Waals surface area contributed by atoms with Crippen molar-refractivity contribution in [2.75, 3.05) is 5.32 Å². The van der Waals surface area contributed by atoms with Crippen LogP contribution < -0.4 is 10.6 Å². The van der Waals surface area contributed by atoms with Gasteiger partial charge >= 0.3 is 6.03 Å². The van der Waals surface area contributed by atoms with Crippen molar-refractivity contribution in [1.82, 2.24) is 5.32 Å². The molecule has 0 saturated heterocycles. The van der Waals surface area contributed by atoms with E-state index in [0.29, 0.717) is 6.54 Å². The summed E-state index contributed by atoms with van der Waals surface area (Å²) in [7, 11) is 0. The summed E-state index contributed by atoms with van der Waals surface area (Å²) in [6, 6.07) is 11.2. The van der Waals surface area contributed by atoms with Crippen LogP contribution in [0.5, 0.6) is 0 Å². The molecule has 4 nitrogen and oxygen atoms in total. The van der Waals surface area contributed by atoms with Gasteiger partial charge in [-0.1, -0.05) is 6.07 Å². The first-order valence-corrected chi connectivity index (χ1v) is 9.18. The van der Waals surface area contributed by atoms with E-state index in [1.807, 2.05) is 47.2 Å². The molecule has 3 aromatic heterocycles. The standard InChI is InChI=1S/C15H14N2O2S3/c18-14(11-3-1-7-20-11)12-6-5-10(22-12)9-16-15(19)17-13-4-2-8-21-13/h1-8,14,18H,9H2,(H2,16,17,19). The maximum Gasteiger partial charge on any atom is 0.320 e. The molecule has 2 amide bonds. The van der Waals surface area contributed by atoms with Crippen LogP contribution in [0.15, 0.2) is 47.2 Å². The van der Waals surface area contributed by atoms with Gasteiger partial charge in [0.1, 0.15) is 6.10 Å². The van der Waals surface area contributed by atoms with Crippen molar-refractivity contribution in [3.8, 4) is 0 Å². The van der Waals surface area contributed by atoms with E-state index in [4.69, 9.17) is 0 Å². The van der Waals surface area contributed by atoms with Gasteiger partial charge < -0.3 is 10.4 Å². The minimum atomic E-state index is -0.585. The molecule has 0 spiro atoms. The van der Waals surface area contributed by atoms with Gasteiger partial charge in [0.25, 0.3) is 0 Å². The van der Waals surface area contributed by atoms with Crippen molar-refractivity contribution in [1.29, 1.82) is 0 Å². The maximum atomic E-state index is 11.8. The van der Waals surface area contributed by atoms with Gasteiger partial charge in [-0.25, -0.2) is 4.79 Å². The zero-order valence-electron chi connectivity index (χ0n) is 11.5. The largest absolute Gasteiger partial charge is 0.382 e. The van der Waals surface area contributed by atoms with E-state index in [9.17, 15) is 9.90 Å². The Balaban J connectivity index is 1.54. The summed E-state index contributed by atoms with van der Waals surface area (Å²) in [5.74, 6) is 0. The van der Waals surface area contributed by atoms with Gasteiger partial charge in [0, 0.05) is 14.6 Å². The van der Waals surface area contributed by atoms with Crippen LogP contribution >= 0.6 is 34.0 Å². The van der Waals surface area contributed by atoms with Crippen LogP contribution in [0.4, 0.5) is 9.80 Å². The normalized spacial score (nSPS) is 12.0. The Morgan fingerprint density at radius 3 is 2.64 bits per heavy atom. The zero-order chi connectivity index (χ0) is 15.4. The van der Waals surface area contributed by atoms with Crippen molar-refractivity contribution in [3.05, 3.63) is 61.8 Å². The number of thiophene rings is 3. The van der Waals surface area contributed by atoms with Crippen LogP contribution in [0.2, 0.25) is 0 Å². The highest BCUT2D eigenvalue weighted by Gasteiger charge is 2.14. The van der Waals surface area contributed by atoms with Crippen molar-refractivity contribution in [2.24, 2.45) is 0 Å². The molecule has 0 fully saturated rings. The summed E-state index contributed by atoms with van der Waals surface area (Å²) in [6.07, 6.45) is -0.585. The van der Waals surface area contributed by atoms with Gasteiger partial charge in [-0.3, -0.25) is 5.32 Å². The summed E-state index contributed by atoms with van der Waals surface area (Å²) in [5, 5.41) is 20.5. The predicted octanol–water partition coefficient (Wildman–Crippen LogP) is 4.27. The van der Waals surface area contributed by atoms with Crippen LogP contribution in [0.25, 0.3) is 0 Å². The Bertz CT molecular complexity index is 720.